The van der Waals surface area contributed by atoms with Gasteiger partial charge in [0, 0.05) is 25.8 Å². The summed E-state index contributed by atoms with van der Waals surface area (Å²) in [5.74, 6) is 0.652. The molecule has 0 aromatic carbocycles. The molecule has 1 saturated heterocycles. The number of rotatable bonds is 8. The number of aliphatic hydroxyl groups is 1. The van der Waals surface area contributed by atoms with E-state index in [1.165, 1.54) is 19.1 Å². The molecule has 1 N–H and O–H groups in total. The van der Waals surface area contributed by atoms with Crippen LogP contribution in [0.4, 0.5) is 13.2 Å². The average Bonchev–Trinajstić information content (AvgIpc) is 3.49. The third kappa shape index (κ3) is 5.75. The molecule has 4 aromatic heterocycles. The monoisotopic (exact) mass is 549 g/mol. The molecule has 202 valence electrons. The second kappa shape index (κ2) is 10.8. The number of alkyl halides is 3. The first-order valence-corrected chi connectivity index (χ1v) is 12.9. The molecule has 38 heavy (non-hydrogen) atoms. The zero-order chi connectivity index (χ0) is 26.9. The molecule has 1 unspecified atom stereocenters. The molecule has 1 fully saturated rings. The highest BCUT2D eigenvalue weighted by Gasteiger charge is 2.29. The first kappa shape index (κ1) is 26.4. The lowest BCUT2D eigenvalue weighted by Gasteiger charge is -2.26. The Morgan fingerprint density at radius 3 is 2.74 bits per heavy atom. The van der Waals surface area contributed by atoms with Crippen LogP contribution in [0.25, 0.3) is 27.3 Å². The largest absolute Gasteiger partial charge is 0.491 e. The Morgan fingerprint density at radius 1 is 1.21 bits per heavy atom. The van der Waals surface area contributed by atoms with Gasteiger partial charge < -0.3 is 19.1 Å². The Morgan fingerprint density at radius 2 is 2.00 bits per heavy atom. The second-order valence-corrected chi connectivity index (χ2v) is 9.96. The fourth-order valence-electron chi connectivity index (χ4n) is 4.29. The molecule has 0 aliphatic carbocycles. The van der Waals surface area contributed by atoms with Crippen LogP contribution in [0.3, 0.4) is 0 Å². The van der Waals surface area contributed by atoms with Gasteiger partial charge in [0.1, 0.15) is 23.9 Å². The third-order valence-corrected chi connectivity index (χ3v) is 7.42. The van der Waals surface area contributed by atoms with Crippen LogP contribution in [0.15, 0.2) is 47.7 Å². The van der Waals surface area contributed by atoms with Crippen molar-refractivity contribution in [3.63, 3.8) is 0 Å². The quantitative estimate of drug-likeness (QED) is 0.359. The molecule has 9 nitrogen and oxygen atoms in total. The van der Waals surface area contributed by atoms with E-state index < -0.39 is 24.4 Å². The van der Waals surface area contributed by atoms with Gasteiger partial charge in [-0.2, -0.15) is 18.3 Å². The SMILES string of the molecule is CC(O)c1sc(-c2cnn3cc(OCCN4CCOCC4)ccc23)nc1-c1cccn(CC(F)(F)F)c1=O. The van der Waals surface area contributed by atoms with E-state index in [-0.39, 0.29) is 11.3 Å². The van der Waals surface area contributed by atoms with Gasteiger partial charge in [-0.05, 0) is 31.2 Å². The number of pyridine rings is 2. The summed E-state index contributed by atoms with van der Waals surface area (Å²) in [6.07, 6.45) is -1.07. The smallest absolute Gasteiger partial charge is 0.406 e. The minimum Gasteiger partial charge on any atom is -0.491 e. The van der Waals surface area contributed by atoms with Crippen molar-refractivity contribution in [2.75, 3.05) is 39.5 Å². The molecule has 4 aromatic rings. The van der Waals surface area contributed by atoms with Crippen LogP contribution < -0.4 is 10.3 Å². The number of halogens is 3. The van der Waals surface area contributed by atoms with Gasteiger partial charge in [0.25, 0.3) is 5.56 Å². The molecule has 1 atom stereocenters. The van der Waals surface area contributed by atoms with E-state index in [4.69, 9.17) is 9.47 Å². The normalized spacial score (nSPS) is 15.7. The van der Waals surface area contributed by atoms with Crippen LogP contribution in [0, 0.1) is 0 Å². The third-order valence-electron chi connectivity index (χ3n) is 6.16. The van der Waals surface area contributed by atoms with E-state index in [2.05, 4.69) is 15.0 Å². The zero-order valence-corrected chi connectivity index (χ0v) is 21.3. The molecule has 5 heterocycles. The lowest BCUT2D eigenvalue weighted by atomic mass is 10.1. The lowest BCUT2D eigenvalue weighted by molar-refractivity contribution is -0.141. The van der Waals surface area contributed by atoms with E-state index in [0.29, 0.717) is 32.4 Å². The van der Waals surface area contributed by atoms with Crippen molar-refractivity contribution in [2.45, 2.75) is 25.7 Å². The Kier molecular flexibility index (Phi) is 7.52. The van der Waals surface area contributed by atoms with Crippen LogP contribution in [-0.2, 0) is 11.3 Å². The van der Waals surface area contributed by atoms with Gasteiger partial charge in [0.05, 0.1) is 58.9 Å². The standard InChI is InChI=1S/C25H26F3N5O4S/c1-16(34)22-21(18-3-2-6-32(24(18)35)15-25(26,27)28)30-23(38-22)19-13-29-33-14-17(4-5-20(19)33)37-12-9-31-7-10-36-11-8-31/h2-6,13-14,16,34H,7-12,15H2,1H3. The van der Waals surface area contributed by atoms with Crippen LogP contribution >= 0.6 is 11.3 Å². The summed E-state index contributed by atoms with van der Waals surface area (Å²) in [6.45, 7) is 4.65. The molecule has 1 aliphatic rings. The van der Waals surface area contributed by atoms with Crippen molar-refractivity contribution >= 4 is 16.9 Å². The number of morpholine rings is 1. The highest BCUT2D eigenvalue weighted by Crippen LogP contribution is 2.38. The van der Waals surface area contributed by atoms with Gasteiger partial charge in [-0.15, -0.1) is 11.3 Å². The Bertz CT molecular complexity index is 1470. The van der Waals surface area contributed by atoms with Crippen LogP contribution in [-0.4, -0.2) is 74.8 Å². The van der Waals surface area contributed by atoms with Crippen molar-refractivity contribution < 1.29 is 27.8 Å². The van der Waals surface area contributed by atoms with Crippen LogP contribution in [0.1, 0.15) is 17.9 Å². The summed E-state index contributed by atoms with van der Waals surface area (Å²) in [6, 6.07) is 6.45. The van der Waals surface area contributed by atoms with E-state index in [9.17, 15) is 23.1 Å². The van der Waals surface area contributed by atoms with E-state index in [0.717, 1.165) is 55.9 Å². The van der Waals surface area contributed by atoms with Gasteiger partial charge in [-0.3, -0.25) is 9.69 Å². The number of hydrogen-bond donors (Lipinski definition) is 1. The molecule has 0 bridgehead atoms. The molecule has 0 saturated carbocycles. The predicted octanol–water partition coefficient (Wildman–Crippen LogP) is 3.61. The molecule has 5 rings (SSSR count). The molecule has 0 radical (unpaired) electrons. The number of fused-ring (bicyclic) bond motifs is 1. The maximum atomic E-state index is 12.9. The maximum absolute atomic E-state index is 12.9. The van der Waals surface area contributed by atoms with Crippen molar-refractivity contribution in [1.82, 2.24) is 24.1 Å². The lowest BCUT2D eigenvalue weighted by Crippen LogP contribution is -2.38. The molecule has 0 amide bonds. The van der Waals surface area contributed by atoms with Gasteiger partial charge in [-0.25, -0.2) is 9.50 Å². The second-order valence-electron chi connectivity index (χ2n) is 8.93. The van der Waals surface area contributed by atoms with Crippen molar-refractivity contribution in [3.05, 3.63) is 58.1 Å². The van der Waals surface area contributed by atoms with Gasteiger partial charge in [0.15, 0.2) is 0 Å². The summed E-state index contributed by atoms with van der Waals surface area (Å²) in [4.78, 5) is 20.1. The van der Waals surface area contributed by atoms with Crippen LogP contribution in [0.5, 0.6) is 5.75 Å². The van der Waals surface area contributed by atoms with Crippen molar-refractivity contribution in [3.8, 4) is 27.6 Å². The van der Waals surface area contributed by atoms with Gasteiger partial charge in [0.2, 0.25) is 0 Å². The van der Waals surface area contributed by atoms with Crippen LogP contribution in [0.2, 0.25) is 0 Å². The summed E-state index contributed by atoms with van der Waals surface area (Å²) in [7, 11) is 0. The number of hydrogen-bond acceptors (Lipinski definition) is 8. The fraction of sp³-hybridized carbons (Fsp3) is 0.400. The first-order chi connectivity index (χ1) is 18.2. The predicted molar refractivity (Wildman–Crippen MR) is 135 cm³/mol. The van der Waals surface area contributed by atoms with E-state index in [1.54, 1.807) is 16.9 Å². The number of aromatic nitrogens is 4. The highest BCUT2D eigenvalue weighted by molar-refractivity contribution is 7.15. The molecule has 1 aliphatic heterocycles. The topological polar surface area (TPSA) is 94.1 Å². The Hall–Kier alpha value is -3.26. The summed E-state index contributed by atoms with van der Waals surface area (Å²) < 4.78 is 52.3. The van der Waals surface area contributed by atoms with Gasteiger partial charge in [-0.1, -0.05) is 0 Å². The highest BCUT2D eigenvalue weighted by atomic mass is 32.1. The Balaban J connectivity index is 1.41. The maximum Gasteiger partial charge on any atom is 0.406 e. The minimum absolute atomic E-state index is 0.0115. The van der Waals surface area contributed by atoms with Crippen molar-refractivity contribution in [2.24, 2.45) is 0 Å². The molecular formula is C25H26F3N5O4S. The summed E-state index contributed by atoms with van der Waals surface area (Å²) in [5.41, 5.74) is 0.703. The zero-order valence-electron chi connectivity index (χ0n) is 20.5. The van der Waals surface area contributed by atoms with Gasteiger partial charge >= 0.3 is 6.18 Å². The molecule has 0 spiro atoms. The number of nitrogens with zero attached hydrogens (tertiary/aromatic N) is 5. The number of aliphatic hydroxyl groups excluding tert-OH is 1. The fourth-order valence-corrected chi connectivity index (χ4v) is 5.33. The summed E-state index contributed by atoms with van der Waals surface area (Å²) in [5, 5.41) is 15.3. The first-order valence-electron chi connectivity index (χ1n) is 12.1. The number of ether oxygens (including phenoxy) is 2. The molecule has 13 heteroatoms. The average molecular weight is 550 g/mol. The Labute approximate surface area is 219 Å². The minimum atomic E-state index is -4.55. The number of thiazole rings is 1. The van der Waals surface area contributed by atoms with E-state index in [1.807, 2.05) is 12.1 Å². The molecular weight excluding hydrogens is 523 g/mol. The van der Waals surface area contributed by atoms with Crippen molar-refractivity contribution in [1.29, 1.82) is 0 Å². The van der Waals surface area contributed by atoms with E-state index >= 15 is 0 Å². The summed E-state index contributed by atoms with van der Waals surface area (Å²) >= 11 is 1.16.